The summed E-state index contributed by atoms with van der Waals surface area (Å²) in [6.07, 6.45) is 12.0. The molecule has 9 nitrogen and oxygen atoms in total. The molecule has 0 spiro atoms. The molecule has 0 aromatic carbocycles. The number of aromatic carboxylic acids is 2. The molecule has 2 aromatic heterocycles. The molecule has 0 saturated carbocycles. The van der Waals surface area contributed by atoms with Gasteiger partial charge in [0.05, 0.1) is 0 Å². The number of Topliss-reactive ketones (excluding diaryl/α,β-unsaturated/α-hetero) is 1. The van der Waals surface area contributed by atoms with Crippen LogP contribution in [0.25, 0.3) is 0 Å². The van der Waals surface area contributed by atoms with Crippen LogP contribution in [0, 0.1) is 0 Å². The quantitative estimate of drug-likeness (QED) is 0.314. The van der Waals surface area contributed by atoms with Crippen LogP contribution in [0.1, 0.15) is 93.0 Å². The largest absolute Gasteiger partial charge is 0.476 e. The third kappa shape index (κ3) is 9.75. The van der Waals surface area contributed by atoms with Gasteiger partial charge >= 0.3 is 11.9 Å². The normalized spacial score (nSPS) is 11.8. The summed E-state index contributed by atoms with van der Waals surface area (Å²) in [5.41, 5.74) is 1.21. The van der Waals surface area contributed by atoms with Crippen LogP contribution in [-0.2, 0) is 0 Å². The number of allylic oxidation sites excluding steroid dienone is 4. The van der Waals surface area contributed by atoms with Crippen molar-refractivity contribution in [1.82, 2.24) is 15.3 Å². The zero-order chi connectivity index (χ0) is 25.5. The zero-order valence-electron chi connectivity index (χ0n) is 19.4. The number of ketones is 1. The number of hydrogen-bond donors (Lipinski definition) is 3. The molecule has 0 unspecified atom stereocenters. The van der Waals surface area contributed by atoms with Crippen LogP contribution >= 0.6 is 22.7 Å². The number of nitrogens with zero attached hydrogens (tertiary/aromatic N) is 2. The first kappa shape index (κ1) is 28.9. The van der Waals surface area contributed by atoms with Crippen molar-refractivity contribution >= 4 is 46.3 Å². The maximum atomic E-state index is 11.9. The van der Waals surface area contributed by atoms with E-state index in [1.807, 2.05) is 13.8 Å². The number of nitrogens with one attached hydrogen (secondary N) is 1. The van der Waals surface area contributed by atoms with Gasteiger partial charge in [0.25, 0.3) is 5.91 Å². The van der Waals surface area contributed by atoms with Crippen LogP contribution in [0.3, 0.4) is 0 Å². The van der Waals surface area contributed by atoms with E-state index in [1.54, 1.807) is 0 Å². The molecule has 0 fully saturated rings. The predicted molar refractivity (Wildman–Crippen MR) is 132 cm³/mol. The zero-order valence-corrected chi connectivity index (χ0v) is 21.0. The number of thiazole rings is 2. The number of carboxylic acid groups (broad SMARTS) is 2. The Bertz CT molecular complexity index is 1040. The molecule has 0 aliphatic heterocycles. The molecular formula is C23H29N3O6S2. The molecule has 184 valence electrons. The number of carbonyl (C=O) groups excluding carboxylic acids is 2. The van der Waals surface area contributed by atoms with E-state index in [-0.39, 0.29) is 28.1 Å². The van der Waals surface area contributed by atoms with Crippen LogP contribution in [-0.4, -0.2) is 50.9 Å². The lowest BCUT2D eigenvalue weighted by molar-refractivity contribution is 0.0680. The molecule has 1 aliphatic carbocycles. The lowest BCUT2D eigenvalue weighted by Crippen LogP contribution is -2.17. The molecule has 3 rings (SSSR count). The first-order valence-corrected chi connectivity index (χ1v) is 12.6. The molecule has 1 aliphatic rings. The minimum absolute atomic E-state index is 0.0455. The van der Waals surface area contributed by atoms with Crippen LogP contribution in [0.15, 0.2) is 34.6 Å². The summed E-state index contributed by atoms with van der Waals surface area (Å²) in [6.45, 7) is 4.00. The van der Waals surface area contributed by atoms with Gasteiger partial charge in [0.1, 0.15) is 0 Å². The summed E-state index contributed by atoms with van der Waals surface area (Å²) in [5, 5.41) is 22.8. The van der Waals surface area contributed by atoms with Crippen LogP contribution in [0.5, 0.6) is 0 Å². The fourth-order valence-corrected chi connectivity index (χ4v) is 4.16. The first-order chi connectivity index (χ1) is 16.3. The van der Waals surface area contributed by atoms with Gasteiger partial charge in [-0.2, -0.15) is 0 Å². The van der Waals surface area contributed by atoms with Crippen molar-refractivity contribution in [3.63, 3.8) is 0 Å². The third-order valence-corrected chi connectivity index (χ3v) is 6.02. The molecule has 1 amide bonds. The molecule has 0 bridgehead atoms. The van der Waals surface area contributed by atoms with Crippen LogP contribution in [0.4, 0.5) is 0 Å². The second-order valence-corrected chi connectivity index (χ2v) is 8.37. The molecule has 0 saturated heterocycles. The highest BCUT2D eigenvalue weighted by Crippen LogP contribution is 2.18. The fourth-order valence-electron chi connectivity index (χ4n) is 2.66. The van der Waals surface area contributed by atoms with Gasteiger partial charge in [0.15, 0.2) is 27.2 Å². The van der Waals surface area contributed by atoms with Crippen molar-refractivity contribution in [1.29, 1.82) is 0 Å². The molecule has 0 atom stereocenters. The number of amides is 1. The van der Waals surface area contributed by atoms with E-state index in [0.29, 0.717) is 11.4 Å². The summed E-state index contributed by atoms with van der Waals surface area (Å²) in [7, 11) is 1.46. The van der Waals surface area contributed by atoms with E-state index < -0.39 is 11.9 Å². The van der Waals surface area contributed by atoms with Gasteiger partial charge in [-0.15, -0.1) is 22.7 Å². The highest BCUT2D eigenvalue weighted by Gasteiger charge is 2.14. The third-order valence-electron chi connectivity index (χ3n) is 4.30. The van der Waals surface area contributed by atoms with E-state index in [1.165, 1.54) is 23.4 Å². The van der Waals surface area contributed by atoms with Crippen molar-refractivity contribution in [2.75, 3.05) is 7.05 Å². The molecule has 3 N–H and O–H groups in total. The Hall–Kier alpha value is -3.18. The topological polar surface area (TPSA) is 147 Å². The highest BCUT2D eigenvalue weighted by molar-refractivity contribution is 7.12. The first-order valence-electron chi connectivity index (χ1n) is 10.8. The number of unbranched alkanes of at least 4 members (excludes halogenated alkanes) is 1. The van der Waals surface area contributed by atoms with E-state index >= 15 is 0 Å². The number of carboxylic acids is 2. The molecule has 0 radical (unpaired) electrons. The predicted octanol–water partition coefficient (Wildman–Crippen LogP) is 5.09. The Morgan fingerprint density at radius 2 is 1.53 bits per heavy atom. The summed E-state index contributed by atoms with van der Waals surface area (Å²) < 4.78 is 0. The van der Waals surface area contributed by atoms with Crippen molar-refractivity contribution in [3.05, 3.63) is 56.0 Å². The van der Waals surface area contributed by atoms with Crippen LogP contribution < -0.4 is 5.32 Å². The number of aromatic nitrogens is 2. The Kier molecular flexibility index (Phi) is 13.3. The van der Waals surface area contributed by atoms with E-state index in [9.17, 15) is 19.2 Å². The fraction of sp³-hybridized carbons (Fsp3) is 0.391. The standard InChI is InChI=1S/C15H17NO3S.C6H6N2O3S.C2H6/c17-13(14-16-12(10-20-14)15(18)19)9-5-4-8-11-6-2-1-3-7-11;1-7-4(9)5-8-3(2-12-5)6(10)11;1-2/h2,6-7,10H,1,3-5,8-9H2,(H,18,19);2H,1H3,(H,7,9)(H,10,11);1-2H3. The van der Waals surface area contributed by atoms with Crippen molar-refractivity contribution in [2.45, 2.75) is 52.4 Å². The molecule has 34 heavy (non-hydrogen) atoms. The minimum Gasteiger partial charge on any atom is -0.476 e. The van der Waals surface area contributed by atoms with Gasteiger partial charge < -0.3 is 15.5 Å². The van der Waals surface area contributed by atoms with Crippen molar-refractivity contribution < 1.29 is 29.4 Å². The average Bonchev–Trinajstić information content (AvgIpc) is 3.54. The Morgan fingerprint density at radius 3 is 2.03 bits per heavy atom. The lowest BCUT2D eigenvalue weighted by Gasteiger charge is -2.06. The number of hydrogen-bond acceptors (Lipinski definition) is 8. The molecule has 2 aromatic rings. The molecule has 2 heterocycles. The summed E-state index contributed by atoms with van der Waals surface area (Å²) in [5.74, 6) is -2.64. The second-order valence-electron chi connectivity index (χ2n) is 6.65. The summed E-state index contributed by atoms with van der Waals surface area (Å²) in [6, 6.07) is 0. The SMILES string of the molecule is CC.CNC(=O)c1nc(C(=O)O)cs1.O=C(O)c1csc(C(=O)CCCCC2=CCCC=C2)n1. The average molecular weight is 508 g/mol. The second kappa shape index (κ2) is 15.6. The molecule has 11 heteroatoms. The highest BCUT2D eigenvalue weighted by atomic mass is 32.1. The van der Waals surface area contributed by atoms with Gasteiger partial charge in [0, 0.05) is 24.2 Å². The van der Waals surface area contributed by atoms with Crippen molar-refractivity contribution in [3.8, 4) is 0 Å². The number of rotatable bonds is 9. The van der Waals surface area contributed by atoms with E-state index in [4.69, 9.17) is 10.2 Å². The van der Waals surface area contributed by atoms with E-state index in [0.717, 1.165) is 54.8 Å². The maximum absolute atomic E-state index is 11.9. The van der Waals surface area contributed by atoms with Crippen LogP contribution in [0.2, 0.25) is 0 Å². The summed E-state index contributed by atoms with van der Waals surface area (Å²) >= 11 is 2.11. The van der Waals surface area contributed by atoms with Gasteiger partial charge in [-0.25, -0.2) is 19.6 Å². The van der Waals surface area contributed by atoms with Gasteiger partial charge in [-0.1, -0.05) is 37.6 Å². The summed E-state index contributed by atoms with van der Waals surface area (Å²) in [4.78, 5) is 51.2. The van der Waals surface area contributed by atoms with Crippen molar-refractivity contribution in [2.24, 2.45) is 0 Å². The van der Waals surface area contributed by atoms with Gasteiger partial charge in [0.2, 0.25) is 0 Å². The Balaban J connectivity index is 0.000000353. The molecular weight excluding hydrogens is 478 g/mol. The Morgan fingerprint density at radius 1 is 0.941 bits per heavy atom. The Labute approximate surface area is 206 Å². The minimum atomic E-state index is -1.12. The lowest BCUT2D eigenvalue weighted by atomic mass is 10.0. The van der Waals surface area contributed by atoms with E-state index in [2.05, 4.69) is 33.5 Å². The smallest absolute Gasteiger partial charge is 0.355 e. The maximum Gasteiger partial charge on any atom is 0.355 e. The number of carbonyl (C=O) groups is 4. The monoisotopic (exact) mass is 507 g/mol. The van der Waals surface area contributed by atoms with Gasteiger partial charge in [-0.3, -0.25) is 9.59 Å². The van der Waals surface area contributed by atoms with Gasteiger partial charge in [-0.05, 0) is 32.1 Å².